The molecular formula is C16H15ClO3. The highest BCUT2D eigenvalue weighted by Gasteiger charge is 2.05. The summed E-state index contributed by atoms with van der Waals surface area (Å²) in [5.41, 5.74) is 0.596. The predicted octanol–water partition coefficient (Wildman–Crippen LogP) is 3.62. The summed E-state index contributed by atoms with van der Waals surface area (Å²) in [6.45, 7) is 0.825. The molecule has 0 heterocycles. The van der Waals surface area contributed by atoms with Crippen LogP contribution in [0.25, 0.3) is 0 Å². The van der Waals surface area contributed by atoms with Crippen LogP contribution in [0.3, 0.4) is 0 Å². The van der Waals surface area contributed by atoms with Gasteiger partial charge in [-0.25, -0.2) is 0 Å². The van der Waals surface area contributed by atoms with Crippen LogP contribution in [0.1, 0.15) is 10.4 Å². The number of Topliss-reactive ketones (excluding diaryl/α,β-unsaturated/α-hetero) is 1. The van der Waals surface area contributed by atoms with Gasteiger partial charge in [0.1, 0.15) is 19.0 Å². The van der Waals surface area contributed by atoms with Crippen molar-refractivity contribution in [3.63, 3.8) is 0 Å². The second-order valence-corrected chi connectivity index (χ2v) is 4.58. The largest absolute Gasteiger partial charge is 0.491 e. The fourth-order valence-corrected chi connectivity index (χ4v) is 1.75. The Morgan fingerprint density at radius 1 is 0.950 bits per heavy atom. The monoisotopic (exact) mass is 290 g/mol. The maximum absolute atomic E-state index is 11.8. The Hall–Kier alpha value is -1.84. The van der Waals surface area contributed by atoms with Gasteiger partial charge in [-0.15, -0.1) is 0 Å². The number of ether oxygens (including phenoxy) is 2. The Balaban J connectivity index is 1.66. The molecule has 0 atom stereocenters. The lowest BCUT2D eigenvalue weighted by molar-refractivity contribution is 0.0688. The minimum absolute atomic E-state index is 0.0415. The van der Waals surface area contributed by atoms with E-state index < -0.39 is 0 Å². The first-order valence-electron chi connectivity index (χ1n) is 6.30. The highest BCUT2D eigenvalue weighted by atomic mass is 35.5. The molecule has 0 fully saturated rings. The summed E-state index contributed by atoms with van der Waals surface area (Å²) in [6, 6.07) is 16.2. The Morgan fingerprint density at radius 3 is 2.35 bits per heavy atom. The van der Waals surface area contributed by atoms with E-state index in [0.29, 0.717) is 23.8 Å². The number of benzene rings is 2. The van der Waals surface area contributed by atoms with Crippen molar-refractivity contribution in [1.82, 2.24) is 0 Å². The zero-order chi connectivity index (χ0) is 14.2. The number of rotatable bonds is 7. The highest BCUT2D eigenvalue weighted by molar-refractivity contribution is 6.30. The van der Waals surface area contributed by atoms with Crippen molar-refractivity contribution in [3.05, 3.63) is 65.2 Å². The van der Waals surface area contributed by atoms with Crippen molar-refractivity contribution in [1.29, 1.82) is 0 Å². The van der Waals surface area contributed by atoms with Gasteiger partial charge in [0.2, 0.25) is 0 Å². The van der Waals surface area contributed by atoms with E-state index in [9.17, 15) is 4.79 Å². The lowest BCUT2D eigenvalue weighted by atomic mass is 10.1. The molecule has 0 spiro atoms. The minimum atomic E-state index is -0.0682. The number of para-hydroxylation sites is 1. The van der Waals surface area contributed by atoms with Crippen LogP contribution in [0.15, 0.2) is 54.6 Å². The molecule has 0 amide bonds. The van der Waals surface area contributed by atoms with Gasteiger partial charge in [-0.2, -0.15) is 0 Å². The van der Waals surface area contributed by atoms with Crippen LogP contribution in [0.4, 0.5) is 0 Å². The molecule has 4 heteroatoms. The van der Waals surface area contributed by atoms with Gasteiger partial charge in [0.15, 0.2) is 5.78 Å². The van der Waals surface area contributed by atoms with Crippen LogP contribution in [0.2, 0.25) is 5.02 Å². The number of halogens is 1. The zero-order valence-corrected chi connectivity index (χ0v) is 11.7. The molecule has 20 heavy (non-hydrogen) atoms. The first kappa shape index (κ1) is 14.6. The van der Waals surface area contributed by atoms with E-state index in [-0.39, 0.29) is 12.4 Å². The minimum Gasteiger partial charge on any atom is -0.491 e. The van der Waals surface area contributed by atoms with Gasteiger partial charge < -0.3 is 9.47 Å². The van der Waals surface area contributed by atoms with Crippen molar-refractivity contribution in [2.75, 3.05) is 19.8 Å². The second kappa shape index (κ2) is 7.68. The van der Waals surface area contributed by atoms with E-state index in [2.05, 4.69) is 0 Å². The van der Waals surface area contributed by atoms with Gasteiger partial charge in [-0.05, 0) is 36.4 Å². The maximum atomic E-state index is 11.8. The molecule has 0 saturated heterocycles. The Bertz CT molecular complexity index is 537. The topological polar surface area (TPSA) is 35.5 Å². The predicted molar refractivity (Wildman–Crippen MR) is 78.5 cm³/mol. The van der Waals surface area contributed by atoms with Gasteiger partial charge in [-0.1, -0.05) is 29.8 Å². The zero-order valence-electron chi connectivity index (χ0n) is 10.9. The lowest BCUT2D eigenvalue weighted by Gasteiger charge is -2.06. The van der Waals surface area contributed by atoms with Gasteiger partial charge in [0, 0.05) is 10.6 Å². The van der Waals surface area contributed by atoms with Crippen molar-refractivity contribution < 1.29 is 14.3 Å². The molecule has 0 radical (unpaired) electrons. The molecule has 2 aromatic rings. The molecule has 0 aliphatic carbocycles. The molecule has 0 unspecified atom stereocenters. The number of hydrogen-bond acceptors (Lipinski definition) is 3. The van der Waals surface area contributed by atoms with E-state index in [4.69, 9.17) is 21.1 Å². The van der Waals surface area contributed by atoms with Crippen molar-refractivity contribution >= 4 is 17.4 Å². The van der Waals surface area contributed by atoms with Crippen molar-refractivity contribution in [3.8, 4) is 5.75 Å². The van der Waals surface area contributed by atoms with Crippen LogP contribution in [0.5, 0.6) is 5.75 Å². The summed E-state index contributed by atoms with van der Waals surface area (Å²) in [5.74, 6) is 0.724. The van der Waals surface area contributed by atoms with E-state index in [1.165, 1.54) is 0 Å². The molecule has 104 valence electrons. The summed E-state index contributed by atoms with van der Waals surface area (Å²) >= 11 is 5.76. The molecule has 0 N–H and O–H groups in total. The highest BCUT2D eigenvalue weighted by Crippen LogP contribution is 2.10. The van der Waals surface area contributed by atoms with Crippen molar-refractivity contribution in [2.45, 2.75) is 0 Å². The third-order valence-electron chi connectivity index (χ3n) is 2.64. The summed E-state index contributed by atoms with van der Waals surface area (Å²) in [7, 11) is 0. The van der Waals surface area contributed by atoms with Gasteiger partial charge in [-0.3, -0.25) is 4.79 Å². The quantitative estimate of drug-likeness (QED) is 0.577. The molecule has 0 saturated carbocycles. The second-order valence-electron chi connectivity index (χ2n) is 4.14. The van der Waals surface area contributed by atoms with Crippen LogP contribution in [0, 0.1) is 0 Å². The molecule has 0 bridgehead atoms. The van der Waals surface area contributed by atoms with E-state index in [1.807, 2.05) is 30.3 Å². The summed E-state index contributed by atoms with van der Waals surface area (Å²) in [5, 5.41) is 0.610. The third-order valence-corrected chi connectivity index (χ3v) is 2.89. The maximum Gasteiger partial charge on any atom is 0.188 e. The lowest BCUT2D eigenvalue weighted by Crippen LogP contribution is -2.13. The van der Waals surface area contributed by atoms with Crippen LogP contribution >= 0.6 is 11.6 Å². The smallest absolute Gasteiger partial charge is 0.188 e. The van der Waals surface area contributed by atoms with Crippen LogP contribution in [-0.2, 0) is 4.74 Å². The van der Waals surface area contributed by atoms with E-state index >= 15 is 0 Å². The molecule has 0 aliphatic heterocycles. The molecule has 2 rings (SSSR count). The Morgan fingerprint density at radius 2 is 1.65 bits per heavy atom. The van der Waals surface area contributed by atoms with E-state index in [0.717, 1.165) is 5.75 Å². The normalized spacial score (nSPS) is 10.2. The third kappa shape index (κ3) is 4.68. The van der Waals surface area contributed by atoms with E-state index in [1.54, 1.807) is 24.3 Å². The van der Waals surface area contributed by atoms with Crippen LogP contribution in [-0.4, -0.2) is 25.6 Å². The molecular weight excluding hydrogens is 276 g/mol. The number of carbonyl (C=O) groups excluding carboxylic acids is 1. The first-order valence-corrected chi connectivity index (χ1v) is 6.68. The summed E-state index contributed by atoms with van der Waals surface area (Å²) in [6.07, 6.45) is 0. The Kier molecular flexibility index (Phi) is 5.59. The van der Waals surface area contributed by atoms with Gasteiger partial charge in [0.05, 0.1) is 6.61 Å². The molecule has 0 aromatic heterocycles. The Labute approximate surface area is 123 Å². The summed E-state index contributed by atoms with van der Waals surface area (Å²) < 4.78 is 10.7. The van der Waals surface area contributed by atoms with Crippen LogP contribution < -0.4 is 4.74 Å². The number of hydrogen-bond donors (Lipinski definition) is 0. The standard InChI is InChI=1S/C16H15ClO3/c17-14-8-6-13(7-9-14)16(18)12-19-10-11-20-15-4-2-1-3-5-15/h1-9H,10-12H2. The number of carbonyl (C=O) groups is 1. The molecule has 0 aliphatic rings. The fourth-order valence-electron chi connectivity index (χ4n) is 1.62. The first-order chi connectivity index (χ1) is 9.75. The van der Waals surface area contributed by atoms with Crippen molar-refractivity contribution in [2.24, 2.45) is 0 Å². The average Bonchev–Trinajstić information content (AvgIpc) is 2.48. The number of ketones is 1. The molecule has 2 aromatic carbocycles. The van der Waals surface area contributed by atoms with Gasteiger partial charge in [0.25, 0.3) is 0 Å². The fraction of sp³-hybridized carbons (Fsp3) is 0.188. The molecule has 3 nitrogen and oxygen atoms in total. The average molecular weight is 291 g/mol. The van der Waals surface area contributed by atoms with Gasteiger partial charge >= 0.3 is 0 Å². The SMILES string of the molecule is O=C(COCCOc1ccccc1)c1ccc(Cl)cc1. The summed E-state index contributed by atoms with van der Waals surface area (Å²) in [4.78, 5) is 11.8.